The molecule has 0 spiro atoms. The summed E-state index contributed by atoms with van der Waals surface area (Å²) in [5, 5.41) is 9.44. The lowest BCUT2D eigenvalue weighted by atomic mass is 10.1. The number of aromatic amines is 2. The first kappa shape index (κ1) is 71.4. The van der Waals surface area contributed by atoms with E-state index in [0.717, 1.165) is 23.4 Å². The summed E-state index contributed by atoms with van der Waals surface area (Å²) in [6.07, 6.45) is 8.00. The van der Waals surface area contributed by atoms with Gasteiger partial charge in [0.05, 0.1) is 25.4 Å². The Bertz CT molecular complexity index is 2930. The van der Waals surface area contributed by atoms with Crippen molar-refractivity contribution in [2.24, 2.45) is 0 Å². The zero-order chi connectivity index (χ0) is 56.5. The number of halogens is 3. The summed E-state index contributed by atoms with van der Waals surface area (Å²) < 4.78 is 24.0. The molecule has 0 saturated carbocycles. The number of aromatic nitrogens is 2. The molecule has 0 bridgehead atoms. The molecule has 0 saturated heterocycles. The number of carbonyl (C=O) groups is 4. The number of ether oxygens (including phenoxy) is 3. The molecule has 0 aliphatic heterocycles. The maximum Gasteiger partial charge on any atom is 0.373 e. The quantitative estimate of drug-likeness (QED) is 0.0201. The lowest BCUT2D eigenvalue weighted by Gasteiger charge is -2.05. The molecule has 2 heterocycles. The van der Waals surface area contributed by atoms with Crippen molar-refractivity contribution >= 4 is 108 Å². The summed E-state index contributed by atoms with van der Waals surface area (Å²) >= 11 is 13.8. The number of para-hydroxylation sites is 4. The molecular formula is C52H59Cl3N4O15P-. The molecule has 19 nitrogen and oxygen atoms in total. The molecule has 75 heavy (non-hydrogen) atoms. The second-order valence-corrected chi connectivity index (χ2v) is 19.9. The number of H-pyrrole nitrogens is 2. The van der Waals surface area contributed by atoms with E-state index >= 15 is 0 Å². The van der Waals surface area contributed by atoms with Crippen LogP contribution in [0.3, 0.4) is 0 Å². The number of benzene rings is 4. The number of hydrogen-bond acceptors (Lipinski definition) is 16. The largest absolute Gasteiger partial charge is 0.477 e. The smallest absolute Gasteiger partial charge is 0.373 e. The van der Waals surface area contributed by atoms with Crippen LogP contribution in [0.25, 0.3) is 21.8 Å². The van der Waals surface area contributed by atoms with Crippen LogP contribution in [-0.4, -0.2) is 71.1 Å². The topological polar surface area (TPSA) is 305 Å². The van der Waals surface area contributed by atoms with E-state index < -0.39 is 22.6 Å². The molecule has 6 N–H and O–H groups in total. The highest BCUT2D eigenvalue weighted by Gasteiger charge is 2.14. The minimum absolute atomic E-state index is 0. The molecule has 0 fully saturated rings. The molecule has 0 atom stereocenters. The van der Waals surface area contributed by atoms with Crippen molar-refractivity contribution in [3.05, 3.63) is 184 Å². The molecule has 6 rings (SSSR count). The Morgan fingerprint density at radius 3 is 1.35 bits per heavy atom. The molecule has 6 aromatic rings. The Kier molecular flexibility index (Phi) is 40.5. The average molecular weight is 1120 g/mol. The van der Waals surface area contributed by atoms with Crippen LogP contribution in [0.15, 0.2) is 155 Å². The van der Waals surface area contributed by atoms with Gasteiger partial charge >= 0.3 is 41.4 Å². The number of nitrogen functional groups attached to an aromatic ring is 1. The summed E-state index contributed by atoms with van der Waals surface area (Å²) in [4.78, 5) is 106. The number of carboxylic acid groups (broad SMARTS) is 1. The number of nitrogens with one attached hydrogen (secondary N) is 3. The van der Waals surface area contributed by atoms with Gasteiger partial charge in [-0.1, -0.05) is 80.6 Å². The molecule has 0 unspecified atom stereocenters. The molecule has 0 amide bonds. The van der Waals surface area contributed by atoms with Gasteiger partial charge in [0.15, 0.2) is 0 Å². The van der Waals surface area contributed by atoms with Crippen LogP contribution in [0.4, 0.5) is 11.4 Å². The van der Waals surface area contributed by atoms with E-state index in [9.17, 15) is 33.3 Å². The van der Waals surface area contributed by atoms with E-state index in [4.69, 9.17) is 44.2 Å². The van der Waals surface area contributed by atoms with Gasteiger partial charge in [-0.3, -0.25) is 14.2 Å². The summed E-state index contributed by atoms with van der Waals surface area (Å²) in [6, 6.07) is 33.0. The molecule has 0 aliphatic carbocycles. The van der Waals surface area contributed by atoms with Gasteiger partial charge < -0.3 is 47.8 Å². The van der Waals surface area contributed by atoms with Crippen LogP contribution in [-0.2, 0) is 47.5 Å². The normalized spacial score (nSPS) is 9.77. The van der Waals surface area contributed by atoms with Crippen molar-refractivity contribution in [2.45, 2.75) is 54.4 Å². The van der Waals surface area contributed by atoms with Crippen LogP contribution in [0.2, 0.25) is 0 Å². The van der Waals surface area contributed by atoms with Crippen molar-refractivity contribution in [3.8, 4) is 0 Å². The zero-order valence-corrected chi connectivity index (χ0v) is 45.2. The highest BCUT2D eigenvalue weighted by Crippen LogP contribution is 2.61. The van der Waals surface area contributed by atoms with Gasteiger partial charge in [0.2, 0.25) is 10.9 Å². The molecule has 2 aromatic heterocycles. The Labute approximate surface area is 447 Å². The van der Waals surface area contributed by atoms with Gasteiger partial charge in [-0.25, -0.2) is 19.2 Å². The number of rotatable bonds is 11. The molecule has 23 heteroatoms. The third-order valence-corrected chi connectivity index (χ3v) is 8.47. The Morgan fingerprint density at radius 1 is 0.627 bits per heavy atom. The number of nitrogens with two attached hydrogens (primary N) is 1. The number of allylic oxidation sites excluding steroid dienone is 1. The molecule has 404 valence electrons. The van der Waals surface area contributed by atoms with Gasteiger partial charge in [0, 0.05) is 57.3 Å². The van der Waals surface area contributed by atoms with E-state index in [2.05, 4.69) is 49.0 Å². The monoisotopic (exact) mass is 1120 g/mol. The number of aromatic carboxylic acids is 1. The lowest BCUT2D eigenvalue weighted by Crippen LogP contribution is -2.17. The number of esters is 3. The highest BCUT2D eigenvalue weighted by molar-refractivity contribution is 8.24. The van der Waals surface area contributed by atoms with Crippen LogP contribution >= 0.6 is 38.9 Å². The van der Waals surface area contributed by atoms with E-state index in [0.29, 0.717) is 47.0 Å². The number of hydrogen-bond donors (Lipinski definition) is 5. The van der Waals surface area contributed by atoms with Gasteiger partial charge in [0.1, 0.15) is 11.1 Å². The number of carbonyl (C=O) groups excluding carboxylic acids is 7. The fourth-order valence-corrected chi connectivity index (χ4v) is 5.23. The summed E-state index contributed by atoms with van der Waals surface area (Å²) in [5.41, 5.74) is 8.94. The third-order valence-electron chi connectivity index (χ3n) is 8.47. The van der Waals surface area contributed by atoms with Crippen molar-refractivity contribution in [2.75, 3.05) is 30.9 Å². The predicted octanol–water partition coefficient (Wildman–Crippen LogP) is 11.2. The minimum Gasteiger partial charge on any atom is -0.477 e. The Morgan fingerprint density at radius 2 is 0.987 bits per heavy atom. The molecule has 0 radical (unpaired) electrons. The first-order valence-corrected chi connectivity index (χ1v) is 26.2. The van der Waals surface area contributed by atoms with E-state index in [1.54, 1.807) is 75.5 Å². The van der Waals surface area contributed by atoms with Gasteiger partial charge in [0.25, 0.3) is 0 Å². The predicted molar refractivity (Wildman–Crippen MR) is 290 cm³/mol. The number of fused-ring (bicyclic) bond motifs is 2. The van der Waals surface area contributed by atoms with E-state index in [1.165, 1.54) is 12.4 Å². The van der Waals surface area contributed by atoms with Crippen molar-refractivity contribution in [1.82, 2.24) is 9.97 Å². The second kappa shape index (κ2) is 42.6. The zero-order valence-electron chi connectivity index (χ0n) is 42.1. The summed E-state index contributed by atoms with van der Waals surface area (Å²) in [7, 11) is 0. The average Bonchev–Trinajstić information content (AvgIpc) is 3.36. The van der Waals surface area contributed by atoms with E-state index in [-0.39, 0.29) is 54.8 Å². The van der Waals surface area contributed by atoms with Crippen molar-refractivity contribution in [1.29, 1.82) is 0 Å². The number of anilines is 2. The first-order valence-electron chi connectivity index (χ1n) is 21.8. The van der Waals surface area contributed by atoms with Crippen LogP contribution < -0.4 is 21.9 Å². The van der Waals surface area contributed by atoms with Crippen LogP contribution in [0, 0.1) is 7.43 Å². The standard InChI is InChI=1S/C13H17NO2.C12H11NO3.C10H7NO3.C8H14O2.C6H7N.2CO2.CH3.Cl3OP/c1-3-11(13(15)16-4-2)10-14-12-8-6-5-7-9-12;1-2-16-12(15)9-7-13-10-6-4-3-5-8(10)11(9)14;12-9-6-3-1-2-4-8(6)11-5-7(9)10(13)14;1-4-7(5-2)8(9)10-6-3;7-6-4-2-1-3-5-6;2*2-1-3;;1-5(2,3)4/h5-10,14H,3-4H2,1-2H3;3-7H,2H2,1H3,(H,13,14);1-5H,(H,11,12)(H,13,14);4H,5-6H2,1-3H3;1-5H,7H2;;;1H3;/q;;;;;;;-1;/b11-10+;;;7-4+;;;;;. The molecule has 4 aromatic carbocycles. The minimum atomic E-state index is -3.22. The Hall–Kier alpha value is -7.88. The fourth-order valence-electron chi connectivity index (χ4n) is 5.23. The number of carboxylic acids is 1. The van der Waals surface area contributed by atoms with Gasteiger partial charge in [-0.2, -0.15) is 19.2 Å². The van der Waals surface area contributed by atoms with Crippen molar-refractivity contribution < 1.29 is 62.2 Å². The van der Waals surface area contributed by atoms with Crippen LogP contribution in [0.1, 0.15) is 75.1 Å². The second-order valence-electron chi connectivity index (χ2n) is 13.3. The molecular weight excluding hydrogens is 1060 g/mol. The van der Waals surface area contributed by atoms with Gasteiger partial charge in [-0.05, 0) is 123 Å². The van der Waals surface area contributed by atoms with Crippen LogP contribution in [0.5, 0.6) is 0 Å². The maximum absolute atomic E-state index is 11.9. The van der Waals surface area contributed by atoms with Gasteiger partial charge in [-0.15, -0.1) is 0 Å². The third kappa shape index (κ3) is 32.0. The van der Waals surface area contributed by atoms with Crippen molar-refractivity contribution in [3.63, 3.8) is 0 Å². The molecule has 0 aliphatic rings. The highest BCUT2D eigenvalue weighted by atomic mass is 36.0. The van der Waals surface area contributed by atoms with E-state index in [1.807, 2.05) is 87.5 Å². The first-order chi connectivity index (χ1) is 35.2. The number of pyridine rings is 2. The summed E-state index contributed by atoms with van der Waals surface area (Å²) in [5.74, 6) is -2.24. The summed E-state index contributed by atoms with van der Waals surface area (Å²) in [6.45, 7) is 12.1. The maximum atomic E-state index is 11.9. The fraction of sp³-hybridized carbons (Fsp3) is 0.212. The lowest BCUT2D eigenvalue weighted by molar-refractivity contribution is -0.193. The SMILES string of the molecule is C/C=C(\CC)C(=O)OCC.CCOC(=O)/C(=C/Nc1ccccc1)CC.CCOC(=O)c1c[nH]c2ccccc2c1=O.Nc1ccccc1.O=C(O)c1c[nH]c2ccccc2c1=O.O=C=O.O=C=O.O=P(Cl)(Cl)Cl.[CH3-]. The Balaban J connectivity index is -0.000000835.